The topological polar surface area (TPSA) is 38.7 Å². The van der Waals surface area contributed by atoms with Gasteiger partial charge in [-0.1, -0.05) is 19.3 Å². The van der Waals surface area contributed by atoms with Gasteiger partial charge in [-0.15, -0.1) is 0 Å². The van der Waals surface area contributed by atoms with Crippen LogP contribution in [-0.2, 0) is 5.60 Å². The van der Waals surface area contributed by atoms with Crippen molar-refractivity contribution in [1.82, 2.24) is 0 Å². The van der Waals surface area contributed by atoms with Gasteiger partial charge in [0.05, 0.1) is 19.8 Å². The molecule has 0 amide bonds. The Morgan fingerprint density at radius 1 is 1.11 bits per heavy atom. The summed E-state index contributed by atoms with van der Waals surface area (Å²) in [5.41, 5.74) is -0.0263. The summed E-state index contributed by atoms with van der Waals surface area (Å²) in [5.74, 6) is 1.78. The first kappa shape index (κ1) is 14.2. The van der Waals surface area contributed by atoms with E-state index in [4.69, 9.17) is 9.47 Å². The first-order chi connectivity index (χ1) is 9.09. The van der Waals surface area contributed by atoms with E-state index in [1.54, 1.807) is 14.2 Å². The van der Waals surface area contributed by atoms with Gasteiger partial charge in [-0.05, 0) is 43.9 Å². The molecule has 0 saturated heterocycles. The van der Waals surface area contributed by atoms with Crippen LogP contribution >= 0.6 is 0 Å². The fourth-order valence-corrected chi connectivity index (χ4v) is 3.09. The Kier molecular flexibility index (Phi) is 4.35. The molecule has 1 aromatic carbocycles. The minimum Gasteiger partial charge on any atom is -0.497 e. The molecule has 1 unspecified atom stereocenters. The van der Waals surface area contributed by atoms with Crippen molar-refractivity contribution in [2.75, 3.05) is 14.2 Å². The molecule has 0 aromatic heterocycles. The van der Waals surface area contributed by atoms with E-state index in [1.165, 1.54) is 19.3 Å². The van der Waals surface area contributed by atoms with Crippen molar-refractivity contribution in [1.29, 1.82) is 0 Å². The molecule has 3 heteroatoms. The second kappa shape index (κ2) is 5.83. The Bertz CT molecular complexity index is 420. The number of ether oxygens (including phenoxy) is 2. The molecule has 0 spiro atoms. The van der Waals surface area contributed by atoms with Gasteiger partial charge >= 0.3 is 0 Å². The smallest absolute Gasteiger partial charge is 0.125 e. The number of rotatable bonds is 4. The average molecular weight is 264 g/mol. The quantitative estimate of drug-likeness (QED) is 0.904. The third kappa shape index (κ3) is 2.86. The molecule has 1 aliphatic carbocycles. The molecule has 0 bridgehead atoms. The Balaban J connectivity index is 2.36. The predicted octanol–water partition coefficient (Wildman–Crippen LogP) is 3.49. The zero-order valence-corrected chi connectivity index (χ0v) is 12.1. The van der Waals surface area contributed by atoms with Crippen LogP contribution < -0.4 is 9.47 Å². The maximum atomic E-state index is 11.0. The molecule has 1 aliphatic rings. The van der Waals surface area contributed by atoms with E-state index in [0.717, 1.165) is 29.9 Å². The van der Waals surface area contributed by atoms with E-state index in [0.29, 0.717) is 5.92 Å². The lowest BCUT2D eigenvalue weighted by Gasteiger charge is -2.36. The molecule has 1 fully saturated rings. The van der Waals surface area contributed by atoms with Gasteiger partial charge < -0.3 is 14.6 Å². The van der Waals surface area contributed by atoms with E-state index in [-0.39, 0.29) is 0 Å². The lowest BCUT2D eigenvalue weighted by Crippen LogP contribution is -2.33. The van der Waals surface area contributed by atoms with Gasteiger partial charge in [0.15, 0.2) is 0 Å². The molecule has 2 rings (SSSR count). The van der Waals surface area contributed by atoms with Crippen molar-refractivity contribution in [3.8, 4) is 11.5 Å². The van der Waals surface area contributed by atoms with E-state index in [2.05, 4.69) is 0 Å². The van der Waals surface area contributed by atoms with E-state index in [1.807, 2.05) is 25.1 Å². The minimum atomic E-state index is -0.861. The lowest BCUT2D eigenvalue weighted by molar-refractivity contribution is -0.0233. The van der Waals surface area contributed by atoms with Crippen LogP contribution in [0.1, 0.15) is 44.6 Å². The zero-order chi connectivity index (χ0) is 13.9. The van der Waals surface area contributed by atoms with Crippen molar-refractivity contribution in [3.63, 3.8) is 0 Å². The first-order valence-electron chi connectivity index (χ1n) is 7.04. The first-order valence-corrected chi connectivity index (χ1v) is 7.04. The monoisotopic (exact) mass is 264 g/mol. The van der Waals surface area contributed by atoms with Crippen LogP contribution in [0.15, 0.2) is 18.2 Å². The van der Waals surface area contributed by atoms with Crippen LogP contribution in [0.3, 0.4) is 0 Å². The molecule has 1 atom stereocenters. The van der Waals surface area contributed by atoms with E-state index >= 15 is 0 Å². The van der Waals surface area contributed by atoms with Crippen LogP contribution in [0.2, 0.25) is 0 Å². The van der Waals surface area contributed by atoms with Gasteiger partial charge in [-0.25, -0.2) is 0 Å². The minimum absolute atomic E-state index is 0.294. The van der Waals surface area contributed by atoms with Crippen molar-refractivity contribution in [2.24, 2.45) is 5.92 Å². The molecule has 0 aliphatic heterocycles. The van der Waals surface area contributed by atoms with Crippen LogP contribution in [0, 0.1) is 5.92 Å². The van der Waals surface area contributed by atoms with Crippen molar-refractivity contribution >= 4 is 0 Å². The van der Waals surface area contributed by atoms with Gasteiger partial charge in [-0.3, -0.25) is 0 Å². The van der Waals surface area contributed by atoms with E-state index < -0.39 is 5.60 Å². The second-order valence-electron chi connectivity index (χ2n) is 5.55. The van der Waals surface area contributed by atoms with Crippen LogP contribution in [-0.4, -0.2) is 19.3 Å². The molecule has 0 radical (unpaired) electrons. The molecule has 106 valence electrons. The molecule has 3 nitrogen and oxygen atoms in total. The highest BCUT2D eigenvalue weighted by atomic mass is 16.5. The predicted molar refractivity (Wildman–Crippen MR) is 75.7 cm³/mol. The molecule has 1 saturated carbocycles. The fraction of sp³-hybridized carbons (Fsp3) is 0.625. The zero-order valence-electron chi connectivity index (χ0n) is 12.1. The van der Waals surface area contributed by atoms with Crippen LogP contribution in [0.4, 0.5) is 0 Å². The van der Waals surface area contributed by atoms with Crippen molar-refractivity contribution in [2.45, 2.75) is 44.6 Å². The standard InChI is InChI=1S/C16H24O3/c1-16(17,12-7-5-4-6-8-12)14-11-13(18-2)9-10-15(14)19-3/h9-12,17H,4-8H2,1-3H3. The third-order valence-electron chi connectivity index (χ3n) is 4.35. The summed E-state index contributed by atoms with van der Waals surface area (Å²) in [5, 5.41) is 11.0. The van der Waals surface area contributed by atoms with Crippen LogP contribution in [0.5, 0.6) is 11.5 Å². The number of hydrogen-bond donors (Lipinski definition) is 1. The fourth-order valence-electron chi connectivity index (χ4n) is 3.09. The summed E-state index contributed by atoms with van der Waals surface area (Å²) in [6.07, 6.45) is 5.84. The Morgan fingerprint density at radius 3 is 2.37 bits per heavy atom. The van der Waals surface area contributed by atoms with Gasteiger partial charge in [0.1, 0.15) is 11.5 Å². The van der Waals surface area contributed by atoms with Gasteiger partial charge in [0.2, 0.25) is 0 Å². The maximum absolute atomic E-state index is 11.0. The molecular weight excluding hydrogens is 240 g/mol. The summed E-state index contributed by atoms with van der Waals surface area (Å²) in [6, 6.07) is 5.62. The number of aliphatic hydroxyl groups is 1. The Labute approximate surface area is 115 Å². The molecule has 0 heterocycles. The summed E-state index contributed by atoms with van der Waals surface area (Å²) in [6.45, 7) is 1.90. The summed E-state index contributed by atoms with van der Waals surface area (Å²) >= 11 is 0. The largest absolute Gasteiger partial charge is 0.497 e. The molecule has 1 aromatic rings. The SMILES string of the molecule is COc1ccc(OC)c(C(C)(O)C2CCCCC2)c1. The summed E-state index contributed by atoms with van der Waals surface area (Å²) in [4.78, 5) is 0. The second-order valence-corrected chi connectivity index (χ2v) is 5.55. The normalized spacial score (nSPS) is 19.8. The van der Waals surface area contributed by atoms with Gasteiger partial charge in [-0.2, -0.15) is 0 Å². The third-order valence-corrected chi connectivity index (χ3v) is 4.35. The van der Waals surface area contributed by atoms with Crippen molar-refractivity contribution in [3.05, 3.63) is 23.8 Å². The number of methoxy groups -OCH3 is 2. The molecule has 19 heavy (non-hydrogen) atoms. The van der Waals surface area contributed by atoms with Gasteiger partial charge in [0, 0.05) is 5.56 Å². The average Bonchev–Trinajstić information content (AvgIpc) is 2.47. The Hall–Kier alpha value is -1.22. The highest BCUT2D eigenvalue weighted by Crippen LogP contribution is 2.43. The maximum Gasteiger partial charge on any atom is 0.125 e. The molecule has 1 N–H and O–H groups in total. The van der Waals surface area contributed by atoms with Crippen LogP contribution in [0.25, 0.3) is 0 Å². The Morgan fingerprint density at radius 2 is 1.79 bits per heavy atom. The van der Waals surface area contributed by atoms with Crippen molar-refractivity contribution < 1.29 is 14.6 Å². The highest BCUT2D eigenvalue weighted by Gasteiger charge is 2.36. The highest BCUT2D eigenvalue weighted by molar-refractivity contribution is 5.44. The summed E-state index contributed by atoms with van der Waals surface area (Å²) in [7, 11) is 3.28. The summed E-state index contributed by atoms with van der Waals surface area (Å²) < 4.78 is 10.7. The molecular formula is C16H24O3. The lowest BCUT2D eigenvalue weighted by atomic mass is 9.74. The van der Waals surface area contributed by atoms with E-state index in [9.17, 15) is 5.11 Å². The van der Waals surface area contributed by atoms with Gasteiger partial charge in [0.25, 0.3) is 0 Å². The number of hydrogen-bond acceptors (Lipinski definition) is 3. The number of benzene rings is 1.